The van der Waals surface area contributed by atoms with Crippen LogP contribution in [0.2, 0.25) is 0 Å². The lowest BCUT2D eigenvalue weighted by molar-refractivity contribution is 0.0612. The second-order valence-corrected chi connectivity index (χ2v) is 8.80. The predicted molar refractivity (Wildman–Crippen MR) is 97.2 cm³/mol. The number of carbonyl (C=O) groups is 1. The molecule has 1 amide bonds. The van der Waals surface area contributed by atoms with E-state index in [0.717, 1.165) is 19.0 Å². The van der Waals surface area contributed by atoms with Gasteiger partial charge in [0.25, 0.3) is 11.7 Å². The summed E-state index contributed by atoms with van der Waals surface area (Å²) in [7, 11) is 0. The molecule has 0 bridgehead atoms. The molecular formula is C17H26F2N2OS2. The van der Waals surface area contributed by atoms with Crippen molar-refractivity contribution >= 4 is 29.0 Å². The van der Waals surface area contributed by atoms with Crippen LogP contribution in [0.15, 0.2) is 16.3 Å². The molecule has 2 heterocycles. The molecule has 1 aromatic rings. The third-order valence-corrected chi connectivity index (χ3v) is 6.50. The van der Waals surface area contributed by atoms with Crippen molar-refractivity contribution in [1.29, 1.82) is 0 Å². The smallest absolute Gasteiger partial charge is 0.288 e. The number of piperidine rings is 1. The molecule has 1 aliphatic rings. The van der Waals surface area contributed by atoms with E-state index in [-0.39, 0.29) is 11.4 Å². The maximum atomic E-state index is 12.6. The first-order valence-corrected chi connectivity index (χ1v) is 10.1. The number of hydrogen-bond acceptors (Lipinski definition) is 4. The Labute approximate surface area is 151 Å². The summed E-state index contributed by atoms with van der Waals surface area (Å²) >= 11 is 1.64. The molecule has 1 unspecified atom stereocenters. The molecule has 1 N–H and O–H groups in total. The Morgan fingerprint density at radius 2 is 2.29 bits per heavy atom. The summed E-state index contributed by atoms with van der Waals surface area (Å²) in [5.74, 6) is -2.05. The third-order valence-electron chi connectivity index (χ3n) is 4.69. The average molecular weight is 377 g/mol. The van der Waals surface area contributed by atoms with Gasteiger partial charge in [-0.05, 0) is 50.6 Å². The van der Waals surface area contributed by atoms with Crippen molar-refractivity contribution in [2.45, 2.75) is 56.2 Å². The van der Waals surface area contributed by atoms with Crippen LogP contribution in [0.4, 0.5) is 8.78 Å². The number of rotatable bonds is 7. The summed E-state index contributed by atoms with van der Waals surface area (Å²) in [5.41, 5.74) is -0.142. The number of likely N-dealkylation sites (tertiary alicyclic amines) is 1. The number of amides is 1. The lowest BCUT2D eigenvalue weighted by atomic mass is 9.91. The van der Waals surface area contributed by atoms with Gasteiger partial charge in [0.1, 0.15) is 4.88 Å². The minimum Gasteiger partial charge on any atom is -0.349 e. The van der Waals surface area contributed by atoms with Crippen LogP contribution in [0.5, 0.6) is 0 Å². The molecule has 1 aliphatic heterocycles. The van der Waals surface area contributed by atoms with Gasteiger partial charge in [0.15, 0.2) is 0 Å². The molecule has 1 fully saturated rings. The van der Waals surface area contributed by atoms with Gasteiger partial charge in [-0.15, -0.1) is 11.3 Å². The lowest BCUT2D eigenvalue weighted by Crippen LogP contribution is -2.54. The minimum absolute atomic E-state index is 0.142. The Kier molecular flexibility index (Phi) is 7.07. The minimum atomic E-state index is -2.51. The Balaban J connectivity index is 1.94. The Morgan fingerprint density at radius 3 is 2.96 bits per heavy atom. The third kappa shape index (κ3) is 5.17. The maximum absolute atomic E-state index is 12.6. The highest BCUT2D eigenvalue weighted by molar-refractivity contribution is 7.99. The highest BCUT2D eigenvalue weighted by atomic mass is 32.2. The molecule has 1 aromatic heterocycles. The topological polar surface area (TPSA) is 32.3 Å². The molecule has 0 aliphatic carbocycles. The second-order valence-electron chi connectivity index (χ2n) is 6.85. The van der Waals surface area contributed by atoms with Crippen LogP contribution in [0.25, 0.3) is 0 Å². The monoisotopic (exact) mass is 376 g/mol. The van der Waals surface area contributed by atoms with Gasteiger partial charge in [0.2, 0.25) is 0 Å². The first-order chi connectivity index (χ1) is 11.3. The first kappa shape index (κ1) is 19.7. The molecule has 1 atom stereocenters. The summed E-state index contributed by atoms with van der Waals surface area (Å²) in [5, 5.41) is 4.62. The van der Waals surface area contributed by atoms with Crippen LogP contribution >= 0.6 is 23.1 Å². The zero-order valence-corrected chi connectivity index (χ0v) is 16.1. The van der Waals surface area contributed by atoms with E-state index in [1.54, 1.807) is 11.4 Å². The zero-order chi connectivity index (χ0) is 17.7. The summed E-state index contributed by atoms with van der Waals surface area (Å²) in [4.78, 5) is 15.6. The fraction of sp³-hybridized carbons (Fsp3) is 0.706. The van der Waals surface area contributed by atoms with Gasteiger partial charge < -0.3 is 5.32 Å². The number of nitrogens with zero attached hydrogens (tertiary/aromatic N) is 1. The highest BCUT2D eigenvalue weighted by Gasteiger charge is 2.31. The molecule has 1 saturated heterocycles. The zero-order valence-electron chi connectivity index (χ0n) is 14.5. The van der Waals surface area contributed by atoms with E-state index >= 15 is 0 Å². The summed E-state index contributed by atoms with van der Waals surface area (Å²) in [6.45, 7) is 9.11. The summed E-state index contributed by atoms with van der Waals surface area (Å²) in [6, 6.07) is 1.58. The van der Waals surface area contributed by atoms with E-state index in [2.05, 4.69) is 31.0 Å². The van der Waals surface area contributed by atoms with Gasteiger partial charge >= 0.3 is 0 Å². The van der Waals surface area contributed by atoms with Gasteiger partial charge in [0, 0.05) is 23.5 Å². The van der Waals surface area contributed by atoms with Gasteiger partial charge in [-0.3, -0.25) is 9.69 Å². The fourth-order valence-electron chi connectivity index (χ4n) is 3.09. The summed E-state index contributed by atoms with van der Waals surface area (Å²) in [6.07, 6.45) is 3.65. The van der Waals surface area contributed by atoms with Crippen molar-refractivity contribution < 1.29 is 13.6 Å². The maximum Gasteiger partial charge on any atom is 0.288 e. The van der Waals surface area contributed by atoms with Crippen molar-refractivity contribution in [3.8, 4) is 0 Å². The molecule has 0 aromatic carbocycles. The molecule has 24 heavy (non-hydrogen) atoms. The van der Waals surface area contributed by atoms with Crippen LogP contribution in [0.1, 0.15) is 49.7 Å². The fourth-order valence-corrected chi connectivity index (χ4v) is 4.71. The Morgan fingerprint density at radius 1 is 1.54 bits per heavy atom. The van der Waals surface area contributed by atoms with Crippen LogP contribution in [0.3, 0.4) is 0 Å². The standard InChI is InChI=1S/C17H26F2N2OS2/c1-4-12-6-5-8-21(10-12)17(2,3)11-20-15(22)14-13(7-9-23-14)24-16(18)19/h7,9,12,16H,4-6,8,10-11H2,1-3H3,(H,20,22). The number of thiophene rings is 1. The van der Waals surface area contributed by atoms with Crippen LogP contribution < -0.4 is 5.32 Å². The summed E-state index contributed by atoms with van der Waals surface area (Å²) < 4.78 is 25.1. The second kappa shape index (κ2) is 8.63. The Hall–Kier alpha value is -0.660. The van der Waals surface area contributed by atoms with E-state index in [1.807, 2.05) is 0 Å². The molecule has 136 valence electrons. The van der Waals surface area contributed by atoms with E-state index < -0.39 is 5.76 Å². The molecule has 0 saturated carbocycles. The van der Waals surface area contributed by atoms with Crippen molar-refractivity contribution in [3.63, 3.8) is 0 Å². The predicted octanol–water partition coefficient (Wildman–Crippen LogP) is 4.69. The molecule has 7 heteroatoms. The molecule has 3 nitrogen and oxygen atoms in total. The van der Waals surface area contributed by atoms with Crippen molar-refractivity contribution in [3.05, 3.63) is 16.3 Å². The van der Waals surface area contributed by atoms with E-state index in [1.165, 1.54) is 30.6 Å². The highest BCUT2D eigenvalue weighted by Crippen LogP contribution is 2.32. The number of nitrogens with one attached hydrogen (secondary N) is 1. The van der Waals surface area contributed by atoms with Crippen molar-refractivity contribution in [2.24, 2.45) is 5.92 Å². The van der Waals surface area contributed by atoms with Gasteiger partial charge in [-0.2, -0.15) is 8.78 Å². The number of halogens is 2. The van der Waals surface area contributed by atoms with Gasteiger partial charge in [-0.25, -0.2) is 0 Å². The van der Waals surface area contributed by atoms with E-state index in [4.69, 9.17) is 0 Å². The number of hydrogen-bond donors (Lipinski definition) is 1. The molecule has 0 radical (unpaired) electrons. The number of alkyl halides is 2. The normalized spacial score (nSPS) is 19.7. The van der Waals surface area contributed by atoms with Crippen LogP contribution in [-0.2, 0) is 0 Å². The molecule has 2 rings (SSSR count). The average Bonchev–Trinajstić information content (AvgIpc) is 3.00. The van der Waals surface area contributed by atoms with E-state index in [9.17, 15) is 13.6 Å². The van der Waals surface area contributed by atoms with Crippen LogP contribution in [-0.4, -0.2) is 41.7 Å². The SMILES string of the molecule is CCC1CCCN(C(C)(C)CNC(=O)c2sccc2SC(F)F)C1. The van der Waals surface area contributed by atoms with Crippen molar-refractivity contribution in [1.82, 2.24) is 10.2 Å². The van der Waals surface area contributed by atoms with E-state index in [0.29, 0.717) is 28.1 Å². The first-order valence-electron chi connectivity index (χ1n) is 8.39. The number of thioether (sulfide) groups is 1. The van der Waals surface area contributed by atoms with Gasteiger partial charge in [-0.1, -0.05) is 25.1 Å². The molecular weight excluding hydrogens is 350 g/mol. The van der Waals surface area contributed by atoms with Crippen LogP contribution in [0, 0.1) is 5.92 Å². The quantitative estimate of drug-likeness (QED) is 0.701. The lowest BCUT2D eigenvalue weighted by Gasteiger charge is -2.43. The van der Waals surface area contributed by atoms with Crippen molar-refractivity contribution in [2.75, 3.05) is 19.6 Å². The number of carbonyl (C=O) groups excluding carboxylic acids is 1. The largest absolute Gasteiger partial charge is 0.349 e. The molecule has 0 spiro atoms. The van der Waals surface area contributed by atoms with Gasteiger partial charge in [0.05, 0.1) is 0 Å². The Bertz CT molecular complexity index is 548.